The number of rotatable bonds is 5. The SMILES string of the molecule is Cc1cccc(-c2ncc(C(=O)N[C@H](C)c3ccccc3)c(N3CCCCC3)n2)c1. The minimum absolute atomic E-state index is 0.0932. The fourth-order valence-electron chi connectivity index (χ4n) is 3.90. The van der Waals surface area contributed by atoms with Gasteiger partial charge in [0.15, 0.2) is 5.82 Å². The highest BCUT2D eigenvalue weighted by Gasteiger charge is 2.23. The van der Waals surface area contributed by atoms with Crippen molar-refractivity contribution >= 4 is 11.7 Å². The predicted octanol–water partition coefficient (Wildman–Crippen LogP) is 4.93. The molecule has 0 saturated carbocycles. The van der Waals surface area contributed by atoms with Gasteiger partial charge in [0.2, 0.25) is 0 Å². The Kier molecular flexibility index (Phi) is 6.07. The highest BCUT2D eigenvalue weighted by Crippen LogP contribution is 2.26. The average Bonchev–Trinajstić information content (AvgIpc) is 2.80. The highest BCUT2D eigenvalue weighted by atomic mass is 16.1. The van der Waals surface area contributed by atoms with E-state index in [0.717, 1.165) is 48.4 Å². The van der Waals surface area contributed by atoms with Gasteiger partial charge in [0.05, 0.1) is 6.04 Å². The predicted molar refractivity (Wildman–Crippen MR) is 121 cm³/mol. The molecule has 1 amide bonds. The molecule has 154 valence electrons. The van der Waals surface area contributed by atoms with Crippen molar-refractivity contribution in [2.24, 2.45) is 0 Å². The summed E-state index contributed by atoms with van der Waals surface area (Å²) in [4.78, 5) is 24.8. The van der Waals surface area contributed by atoms with Crippen LogP contribution in [0.2, 0.25) is 0 Å². The zero-order valence-electron chi connectivity index (χ0n) is 17.6. The standard InChI is InChI=1S/C25H28N4O/c1-18-10-9-13-21(16-18)23-26-17-22(24(28-23)29-14-7-4-8-15-29)25(30)27-19(2)20-11-5-3-6-12-20/h3,5-6,9-13,16-17,19H,4,7-8,14-15H2,1-2H3,(H,27,30)/t19-/m1/s1. The molecule has 1 aliphatic rings. The van der Waals surface area contributed by atoms with E-state index in [1.807, 2.05) is 49.4 Å². The van der Waals surface area contributed by atoms with E-state index < -0.39 is 0 Å². The van der Waals surface area contributed by atoms with Crippen LogP contribution in [0.15, 0.2) is 60.8 Å². The number of anilines is 1. The van der Waals surface area contributed by atoms with Crippen molar-refractivity contribution in [2.75, 3.05) is 18.0 Å². The smallest absolute Gasteiger partial charge is 0.257 e. The lowest BCUT2D eigenvalue weighted by atomic mass is 10.1. The molecule has 1 aromatic heterocycles. The number of aromatic nitrogens is 2. The summed E-state index contributed by atoms with van der Waals surface area (Å²) in [7, 11) is 0. The van der Waals surface area contributed by atoms with Gasteiger partial charge >= 0.3 is 0 Å². The molecule has 3 aromatic rings. The van der Waals surface area contributed by atoms with Crippen molar-refractivity contribution in [3.8, 4) is 11.4 Å². The molecule has 0 aliphatic carbocycles. The zero-order valence-corrected chi connectivity index (χ0v) is 17.6. The Hall–Kier alpha value is -3.21. The lowest BCUT2D eigenvalue weighted by Crippen LogP contribution is -2.34. The minimum Gasteiger partial charge on any atom is -0.356 e. The summed E-state index contributed by atoms with van der Waals surface area (Å²) >= 11 is 0. The number of carbonyl (C=O) groups is 1. The van der Waals surface area contributed by atoms with Crippen LogP contribution in [-0.4, -0.2) is 29.0 Å². The molecule has 2 aromatic carbocycles. The Morgan fingerprint density at radius 3 is 2.53 bits per heavy atom. The van der Waals surface area contributed by atoms with E-state index >= 15 is 0 Å². The molecule has 1 saturated heterocycles. The molecule has 1 fully saturated rings. The highest BCUT2D eigenvalue weighted by molar-refractivity contribution is 5.99. The van der Waals surface area contributed by atoms with Crippen LogP contribution in [0.3, 0.4) is 0 Å². The number of benzene rings is 2. The first-order valence-corrected chi connectivity index (χ1v) is 10.7. The van der Waals surface area contributed by atoms with Crippen molar-refractivity contribution in [2.45, 2.75) is 39.2 Å². The van der Waals surface area contributed by atoms with E-state index in [9.17, 15) is 4.79 Å². The quantitative estimate of drug-likeness (QED) is 0.659. The maximum atomic E-state index is 13.2. The second kappa shape index (κ2) is 9.08. The number of nitrogens with zero attached hydrogens (tertiary/aromatic N) is 3. The summed E-state index contributed by atoms with van der Waals surface area (Å²) in [5.41, 5.74) is 3.74. The van der Waals surface area contributed by atoms with Gasteiger partial charge in [-0.3, -0.25) is 4.79 Å². The first kappa shape index (κ1) is 20.1. The molecule has 30 heavy (non-hydrogen) atoms. The number of aryl methyl sites for hydroxylation is 1. The number of carbonyl (C=O) groups excluding carboxylic acids is 1. The van der Waals surface area contributed by atoms with E-state index in [1.54, 1.807) is 6.20 Å². The third-order valence-electron chi connectivity index (χ3n) is 5.59. The molecule has 2 heterocycles. The van der Waals surface area contributed by atoms with Gasteiger partial charge in [0.1, 0.15) is 11.4 Å². The Morgan fingerprint density at radius 1 is 1.03 bits per heavy atom. The molecule has 0 unspecified atom stereocenters. The monoisotopic (exact) mass is 400 g/mol. The molecule has 4 rings (SSSR count). The van der Waals surface area contributed by atoms with Crippen LogP contribution in [0.4, 0.5) is 5.82 Å². The van der Waals surface area contributed by atoms with Crippen LogP contribution in [0, 0.1) is 6.92 Å². The number of nitrogens with one attached hydrogen (secondary N) is 1. The third kappa shape index (κ3) is 4.51. The van der Waals surface area contributed by atoms with Crippen molar-refractivity contribution in [3.05, 3.63) is 77.5 Å². The molecule has 0 spiro atoms. The summed E-state index contributed by atoms with van der Waals surface area (Å²) in [6.07, 6.45) is 5.14. The summed E-state index contributed by atoms with van der Waals surface area (Å²) in [6, 6.07) is 18.1. The fraction of sp³-hybridized carbons (Fsp3) is 0.320. The maximum Gasteiger partial charge on any atom is 0.257 e. The van der Waals surface area contributed by atoms with Crippen molar-refractivity contribution in [1.82, 2.24) is 15.3 Å². The zero-order chi connectivity index (χ0) is 20.9. The van der Waals surface area contributed by atoms with Crippen LogP contribution in [0.5, 0.6) is 0 Å². The lowest BCUT2D eigenvalue weighted by Gasteiger charge is -2.29. The third-order valence-corrected chi connectivity index (χ3v) is 5.59. The summed E-state index contributed by atoms with van der Waals surface area (Å²) in [5, 5.41) is 3.11. The first-order valence-electron chi connectivity index (χ1n) is 10.7. The van der Waals surface area contributed by atoms with Crippen molar-refractivity contribution in [1.29, 1.82) is 0 Å². The average molecular weight is 401 g/mol. The molecule has 5 nitrogen and oxygen atoms in total. The topological polar surface area (TPSA) is 58.1 Å². The molecular weight excluding hydrogens is 372 g/mol. The number of piperidine rings is 1. The normalized spacial score (nSPS) is 14.9. The van der Waals surface area contributed by atoms with Gasteiger partial charge in [0, 0.05) is 24.8 Å². The van der Waals surface area contributed by atoms with E-state index in [1.165, 1.54) is 6.42 Å². The Balaban J connectivity index is 1.66. The summed E-state index contributed by atoms with van der Waals surface area (Å²) < 4.78 is 0. The van der Waals surface area contributed by atoms with Gasteiger partial charge in [-0.1, -0.05) is 54.1 Å². The number of amides is 1. The van der Waals surface area contributed by atoms with Crippen molar-refractivity contribution < 1.29 is 4.79 Å². The molecule has 1 aliphatic heterocycles. The molecule has 0 bridgehead atoms. The van der Waals surface area contributed by atoms with E-state index in [2.05, 4.69) is 34.3 Å². The Morgan fingerprint density at radius 2 is 1.80 bits per heavy atom. The van der Waals surface area contributed by atoms with E-state index in [4.69, 9.17) is 4.98 Å². The van der Waals surface area contributed by atoms with Gasteiger partial charge < -0.3 is 10.2 Å². The second-order valence-electron chi connectivity index (χ2n) is 7.95. The summed E-state index contributed by atoms with van der Waals surface area (Å²) in [5.74, 6) is 1.26. The van der Waals surface area contributed by atoms with E-state index in [-0.39, 0.29) is 11.9 Å². The summed E-state index contributed by atoms with van der Waals surface area (Å²) in [6.45, 7) is 5.88. The Labute approximate surface area is 178 Å². The lowest BCUT2D eigenvalue weighted by molar-refractivity contribution is 0.0939. The molecule has 0 radical (unpaired) electrons. The molecule has 1 N–H and O–H groups in total. The van der Waals surface area contributed by atoms with E-state index in [0.29, 0.717) is 11.4 Å². The van der Waals surface area contributed by atoms with Crippen LogP contribution in [-0.2, 0) is 0 Å². The molecular formula is C25H28N4O. The van der Waals surface area contributed by atoms with Gasteiger partial charge in [-0.25, -0.2) is 9.97 Å². The van der Waals surface area contributed by atoms with Crippen LogP contribution >= 0.6 is 0 Å². The Bertz CT molecular complexity index is 1010. The largest absolute Gasteiger partial charge is 0.356 e. The van der Waals surface area contributed by atoms with Gasteiger partial charge in [0.25, 0.3) is 5.91 Å². The minimum atomic E-state index is -0.136. The second-order valence-corrected chi connectivity index (χ2v) is 7.95. The number of hydrogen-bond donors (Lipinski definition) is 1. The maximum absolute atomic E-state index is 13.2. The van der Waals surface area contributed by atoms with Crippen molar-refractivity contribution in [3.63, 3.8) is 0 Å². The number of hydrogen-bond acceptors (Lipinski definition) is 4. The molecule has 1 atom stereocenters. The van der Waals surface area contributed by atoms with Gasteiger partial charge in [-0.2, -0.15) is 0 Å². The molecule has 5 heteroatoms. The van der Waals surface area contributed by atoms with Crippen LogP contribution in [0.1, 0.15) is 53.7 Å². The van der Waals surface area contributed by atoms with Crippen LogP contribution < -0.4 is 10.2 Å². The van der Waals surface area contributed by atoms with Gasteiger partial charge in [-0.05, 0) is 44.7 Å². The van der Waals surface area contributed by atoms with Crippen LogP contribution in [0.25, 0.3) is 11.4 Å². The van der Waals surface area contributed by atoms with Gasteiger partial charge in [-0.15, -0.1) is 0 Å². The first-order chi connectivity index (χ1) is 14.6. The fourth-order valence-corrected chi connectivity index (χ4v) is 3.90.